The minimum absolute atomic E-state index is 0.0845. The number of ketones is 1. The van der Waals surface area contributed by atoms with Crippen LogP contribution >= 0.6 is 0 Å². The van der Waals surface area contributed by atoms with Gasteiger partial charge in [-0.25, -0.2) is 4.39 Å². The molecular weight excluding hydrogens is 367 g/mol. The fraction of sp³-hybridized carbons (Fsp3) is 0.560. The zero-order chi connectivity index (χ0) is 20.3. The molecule has 1 N–H and O–H groups in total. The summed E-state index contributed by atoms with van der Waals surface area (Å²) in [5.74, 6) is 1.13. The molecule has 4 aliphatic carbocycles. The third-order valence-electron chi connectivity index (χ3n) is 8.26. The molecule has 0 spiro atoms. The predicted octanol–water partition coefficient (Wildman–Crippen LogP) is 5.09. The maximum absolute atomic E-state index is 14.6. The minimum atomic E-state index is -0.336. The van der Waals surface area contributed by atoms with E-state index in [9.17, 15) is 14.3 Å². The zero-order valence-corrected chi connectivity index (χ0v) is 17.2. The van der Waals surface area contributed by atoms with Gasteiger partial charge in [0, 0.05) is 12.3 Å². The van der Waals surface area contributed by atoms with Gasteiger partial charge in [-0.2, -0.15) is 0 Å². The summed E-state index contributed by atoms with van der Waals surface area (Å²) in [6.45, 7) is 2.24. The number of benzene rings is 1. The lowest BCUT2D eigenvalue weighted by molar-refractivity contribution is -0.114. The molecule has 5 atom stereocenters. The number of carbonyl (C=O) groups is 1. The number of halogens is 1. The van der Waals surface area contributed by atoms with Crippen LogP contribution in [0.15, 0.2) is 41.0 Å². The second-order valence-electron chi connectivity index (χ2n) is 9.57. The summed E-state index contributed by atoms with van der Waals surface area (Å²) in [7, 11) is 1.48. The largest absolute Gasteiger partial charge is 0.494 e. The molecule has 0 heterocycles. The van der Waals surface area contributed by atoms with Crippen molar-refractivity contribution >= 4 is 5.78 Å². The summed E-state index contributed by atoms with van der Waals surface area (Å²) in [6, 6.07) is 5.31. The highest BCUT2D eigenvalue weighted by Crippen LogP contribution is 2.63. The van der Waals surface area contributed by atoms with E-state index < -0.39 is 0 Å². The molecule has 4 heteroatoms. The molecule has 5 unspecified atom stereocenters. The number of hydrogen-bond acceptors (Lipinski definition) is 3. The van der Waals surface area contributed by atoms with Gasteiger partial charge in [-0.05, 0) is 90.7 Å². The molecule has 0 aliphatic heterocycles. The van der Waals surface area contributed by atoms with E-state index in [0.717, 1.165) is 44.1 Å². The van der Waals surface area contributed by atoms with E-state index in [2.05, 4.69) is 6.92 Å². The van der Waals surface area contributed by atoms with Crippen LogP contribution in [0.25, 0.3) is 0 Å². The van der Waals surface area contributed by atoms with Gasteiger partial charge >= 0.3 is 0 Å². The van der Waals surface area contributed by atoms with Crippen molar-refractivity contribution in [3.05, 3.63) is 52.4 Å². The lowest BCUT2D eigenvalue weighted by atomic mass is 9.53. The molecule has 5 rings (SSSR count). The Hall–Kier alpha value is -1.94. The first-order valence-corrected chi connectivity index (χ1v) is 10.9. The third-order valence-corrected chi connectivity index (χ3v) is 8.26. The van der Waals surface area contributed by atoms with Crippen LogP contribution in [-0.2, 0) is 4.79 Å². The van der Waals surface area contributed by atoms with Crippen molar-refractivity contribution in [3.8, 4) is 5.75 Å². The van der Waals surface area contributed by atoms with Crippen LogP contribution < -0.4 is 4.74 Å². The van der Waals surface area contributed by atoms with Crippen molar-refractivity contribution in [1.82, 2.24) is 0 Å². The van der Waals surface area contributed by atoms with Gasteiger partial charge in [0.05, 0.1) is 13.2 Å². The molecular formula is C25H29FO3. The third kappa shape index (κ3) is 2.83. The standard InChI is InChI=1S/C25H29FO3/c1-25-13-19(15-4-9-22(29-2)21(26)12-15)24-17-7-5-16(27)11-14(17)3-6-18(24)20(25)8-10-23(25)28/h4,9,11-12,18-20,23,28H,3,5-8,10,13H2,1-2H3. The predicted molar refractivity (Wildman–Crippen MR) is 109 cm³/mol. The van der Waals surface area contributed by atoms with E-state index in [4.69, 9.17) is 4.74 Å². The second-order valence-corrected chi connectivity index (χ2v) is 9.57. The first kappa shape index (κ1) is 19.0. The second kappa shape index (κ2) is 6.80. The van der Waals surface area contributed by atoms with Crippen LogP contribution in [0.5, 0.6) is 5.75 Å². The highest BCUT2D eigenvalue weighted by atomic mass is 19.1. The number of allylic oxidation sites excluding steroid dienone is 4. The van der Waals surface area contributed by atoms with Gasteiger partial charge in [-0.1, -0.05) is 18.6 Å². The fourth-order valence-corrected chi connectivity index (χ4v) is 6.83. The van der Waals surface area contributed by atoms with E-state index in [0.29, 0.717) is 18.3 Å². The Morgan fingerprint density at radius 2 is 2.00 bits per heavy atom. The molecule has 2 saturated carbocycles. The number of aliphatic hydroxyl groups excluding tert-OH is 1. The van der Waals surface area contributed by atoms with Crippen molar-refractivity contribution in [2.45, 2.75) is 63.9 Å². The topological polar surface area (TPSA) is 46.5 Å². The molecule has 3 nitrogen and oxygen atoms in total. The van der Waals surface area contributed by atoms with Crippen molar-refractivity contribution in [1.29, 1.82) is 0 Å². The lowest BCUT2D eigenvalue weighted by Crippen LogP contribution is -2.45. The molecule has 0 radical (unpaired) electrons. The summed E-state index contributed by atoms with van der Waals surface area (Å²) >= 11 is 0. The van der Waals surface area contributed by atoms with Crippen molar-refractivity contribution in [3.63, 3.8) is 0 Å². The first-order valence-electron chi connectivity index (χ1n) is 10.9. The number of fused-ring (bicyclic) bond motifs is 4. The van der Waals surface area contributed by atoms with Gasteiger partial charge in [0.15, 0.2) is 17.3 Å². The normalized spacial score (nSPS) is 36.3. The Kier molecular flexibility index (Phi) is 4.47. The van der Waals surface area contributed by atoms with E-state index in [1.165, 1.54) is 23.8 Å². The van der Waals surface area contributed by atoms with Crippen LogP contribution in [-0.4, -0.2) is 24.1 Å². The minimum Gasteiger partial charge on any atom is -0.494 e. The van der Waals surface area contributed by atoms with E-state index in [1.54, 1.807) is 12.1 Å². The fourth-order valence-electron chi connectivity index (χ4n) is 6.83. The van der Waals surface area contributed by atoms with Crippen LogP contribution in [0.4, 0.5) is 4.39 Å². The molecule has 2 fully saturated rings. The average molecular weight is 397 g/mol. The first-order chi connectivity index (χ1) is 13.9. The average Bonchev–Trinajstić information content (AvgIpc) is 3.01. The Morgan fingerprint density at radius 1 is 1.17 bits per heavy atom. The number of methoxy groups -OCH3 is 1. The zero-order valence-electron chi connectivity index (χ0n) is 17.2. The van der Waals surface area contributed by atoms with Gasteiger partial charge in [-0.15, -0.1) is 0 Å². The molecule has 0 bridgehead atoms. The van der Waals surface area contributed by atoms with Crippen LogP contribution in [0.2, 0.25) is 0 Å². The van der Waals surface area contributed by atoms with Gasteiger partial charge in [0.1, 0.15) is 0 Å². The molecule has 0 saturated heterocycles. The summed E-state index contributed by atoms with van der Waals surface area (Å²) < 4.78 is 19.7. The van der Waals surface area contributed by atoms with Gasteiger partial charge in [0.2, 0.25) is 0 Å². The van der Waals surface area contributed by atoms with Gasteiger partial charge in [-0.3, -0.25) is 4.79 Å². The van der Waals surface area contributed by atoms with E-state index in [-0.39, 0.29) is 34.8 Å². The summed E-state index contributed by atoms with van der Waals surface area (Å²) in [5, 5.41) is 10.9. The number of ether oxygens (including phenoxy) is 1. The number of carbonyl (C=O) groups excluding carboxylic acids is 1. The Balaban J connectivity index is 1.67. The quantitative estimate of drug-likeness (QED) is 0.757. The maximum atomic E-state index is 14.6. The smallest absolute Gasteiger partial charge is 0.165 e. The highest BCUT2D eigenvalue weighted by Gasteiger charge is 2.56. The molecule has 4 aliphatic rings. The summed E-state index contributed by atoms with van der Waals surface area (Å²) in [4.78, 5) is 12.0. The van der Waals surface area contributed by atoms with Crippen molar-refractivity contribution in [2.75, 3.05) is 7.11 Å². The van der Waals surface area contributed by atoms with Crippen molar-refractivity contribution in [2.24, 2.45) is 17.3 Å². The summed E-state index contributed by atoms with van der Waals surface area (Å²) in [5.41, 5.74) is 4.81. The summed E-state index contributed by atoms with van der Waals surface area (Å²) in [6.07, 6.45) is 7.65. The number of rotatable bonds is 2. The van der Waals surface area contributed by atoms with E-state index in [1.807, 2.05) is 12.1 Å². The molecule has 0 aromatic heterocycles. The SMILES string of the molecule is COc1ccc(C2CC3(C)C(O)CCC3C3CCC4=CC(=O)CCC4=C23)cc1F. The highest BCUT2D eigenvalue weighted by molar-refractivity contribution is 5.93. The lowest BCUT2D eigenvalue weighted by Gasteiger charge is -2.52. The van der Waals surface area contributed by atoms with Crippen LogP contribution in [0.1, 0.15) is 63.4 Å². The van der Waals surface area contributed by atoms with Gasteiger partial charge in [0.25, 0.3) is 0 Å². The van der Waals surface area contributed by atoms with E-state index >= 15 is 0 Å². The van der Waals surface area contributed by atoms with Crippen LogP contribution in [0.3, 0.4) is 0 Å². The molecule has 0 amide bonds. The Morgan fingerprint density at radius 3 is 2.76 bits per heavy atom. The maximum Gasteiger partial charge on any atom is 0.165 e. The molecule has 154 valence electrons. The number of hydrogen-bond donors (Lipinski definition) is 1. The van der Waals surface area contributed by atoms with Crippen molar-refractivity contribution < 1.29 is 19.0 Å². The molecule has 1 aromatic rings. The van der Waals surface area contributed by atoms with Crippen LogP contribution in [0, 0.1) is 23.1 Å². The Labute approximate surface area is 171 Å². The molecule has 29 heavy (non-hydrogen) atoms. The Bertz CT molecular complexity index is 930. The molecule has 1 aromatic carbocycles. The van der Waals surface area contributed by atoms with Gasteiger partial charge < -0.3 is 9.84 Å². The number of aliphatic hydroxyl groups is 1. The monoisotopic (exact) mass is 396 g/mol.